The average Bonchev–Trinajstić information content (AvgIpc) is 2.81. The molecule has 0 radical (unpaired) electrons. The number of ether oxygens (including phenoxy) is 2. The van der Waals surface area contributed by atoms with E-state index in [2.05, 4.69) is 17.1 Å². The fourth-order valence-corrected chi connectivity index (χ4v) is 2.15. The van der Waals surface area contributed by atoms with Crippen LogP contribution in [0.25, 0.3) is 0 Å². The van der Waals surface area contributed by atoms with E-state index in [0.717, 1.165) is 13.1 Å². The number of nitrogens with zero attached hydrogens (tertiary/aromatic N) is 1. The van der Waals surface area contributed by atoms with Gasteiger partial charge in [-0.1, -0.05) is 0 Å². The Hall–Kier alpha value is -0.650. The molecule has 18 heavy (non-hydrogen) atoms. The van der Waals surface area contributed by atoms with Crippen molar-refractivity contribution in [3.63, 3.8) is 0 Å². The molecule has 1 atom stereocenters. The lowest BCUT2D eigenvalue weighted by molar-refractivity contribution is -0.148. The van der Waals surface area contributed by atoms with E-state index in [9.17, 15) is 4.79 Å². The highest BCUT2D eigenvalue weighted by atomic mass is 16.6. The zero-order chi connectivity index (χ0) is 13.2. The third-order valence-electron chi connectivity index (χ3n) is 3.00. The van der Waals surface area contributed by atoms with Crippen LogP contribution in [0.3, 0.4) is 0 Å². The Balaban J connectivity index is 1.91. The van der Waals surface area contributed by atoms with Crippen LogP contribution in [0.1, 0.15) is 26.7 Å². The second kappa shape index (κ2) is 9.30. The minimum atomic E-state index is -0.289. The molecule has 5 nitrogen and oxygen atoms in total. The fraction of sp³-hybridized carbons (Fsp3) is 0.923. The van der Waals surface area contributed by atoms with Gasteiger partial charge < -0.3 is 19.7 Å². The molecule has 1 fully saturated rings. The summed E-state index contributed by atoms with van der Waals surface area (Å²) in [5, 5.41) is 3.40. The van der Waals surface area contributed by atoms with Crippen molar-refractivity contribution >= 4 is 5.97 Å². The Kier molecular flexibility index (Phi) is 7.96. The molecule has 0 saturated carbocycles. The minimum Gasteiger partial charge on any atom is -0.464 e. The lowest BCUT2D eigenvalue weighted by Gasteiger charge is -2.21. The maximum atomic E-state index is 11.0. The summed E-state index contributed by atoms with van der Waals surface area (Å²) in [4.78, 5) is 13.5. The molecule has 106 valence electrons. The van der Waals surface area contributed by atoms with E-state index >= 15 is 0 Å². The number of esters is 1. The van der Waals surface area contributed by atoms with Crippen LogP contribution >= 0.6 is 0 Å². The first-order chi connectivity index (χ1) is 8.72. The van der Waals surface area contributed by atoms with Gasteiger partial charge in [0.2, 0.25) is 0 Å². The molecule has 1 N–H and O–H groups in total. The molecule has 5 heteroatoms. The molecule has 1 aliphatic rings. The van der Waals surface area contributed by atoms with Crippen LogP contribution in [0.2, 0.25) is 0 Å². The van der Waals surface area contributed by atoms with Crippen molar-refractivity contribution in [3.8, 4) is 0 Å². The van der Waals surface area contributed by atoms with Crippen molar-refractivity contribution < 1.29 is 14.3 Å². The molecule has 0 aliphatic carbocycles. The zero-order valence-electron chi connectivity index (χ0n) is 11.6. The van der Waals surface area contributed by atoms with E-state index in [0.29, 0.717) is 19.3 Å². The van der Waals surface area contributed by atoms with Gasteiger partial charge in [0.15, 0.2) is 0 Å². The predicted octanol–water partition coefficient (Wildman–Crippen LogP) is 0.640. The third-order valence-corrected chi connectivity index (χ3v) is 3.00. The monoisotopic (exact) mass is 258 g/mol. The summed E-state index contributed by atoms with van der Waals surface area (Å²) < 4.78 is 9.98. The second-order valence-electron chi connectivity index (χ2n) is 4.72. The average molecular weight is 258 g/mol. The first-order valence-corrected chi connectivity index (χ1v) is 6.91. The normalized spacial score (nSPS) is 17.9. The molecule has 1 rings (SSSR count). The smallest absolute Gasteiger partial charge is 0.332 e. The third kappa shape index (κ3) is 6.93. The molecule has 1 unspecified atom stereocenters. The lowest BCUT2D eigenvalue weighted by atomic mass is 10.3. The molecule has 0 aromatic rings. The van der Waals surface area contributed by atoms with Gasteiger partial charge in [-0.3, -0.25) is 0 Å². The maximum Gasteiger partial charge on any atom is 0.332 e. The van der Waals surface area contributed by atoms with E-state index in [1.54, 1.807) is 6.92 Å². The van der Waals surface area contributed by atoms with E-state index in [4.69, 9.17) is 9.47 Å². The van der Waals surface area contributed by atoms with Gasteiger partial charge in [-0.2, -0.15) is 0 Å². The second-order valence-corrected chi connectivity index (χ2v) is 4.72. The summed E-state index contributed by atoms with van der Waals surface area (Å²) in [6, 6.07) is 0.467. The molecule has 0 aromatic carbocycles. The Morgan fingerprint density at radius 2 is 2.11 bits per heavy atom. The number of nitrogens with one attached hydrogen (secondary N) is 1. The van der Waals surface area contributed by atoms with Crippen molar-refractivity contribution in [1.29, 1.82) is 0 Å². The number of likely N-dealkylation sites (tertiary alicyclic amines) is 1. The molecule has 1 saturated heterocycles. The van der Waals surface area contributed by atoms with E-state index < -0.39 is 0 Å². The summed E-state index contributed by atoms with van der Waals surface area (Å²) >= 11 is 0. The molecule has 1 aliphatic heterocycles. The number of carbonyl (C=O) groups excluding carboxylic acids is 1. The number of hydrogen-bond donors (Lipinski definition) is 1. The predicted molar refractivity (Wildman–Crippen MR) is 70.6 cm³/mol. The highest BCUT2D eigenvalue weighted by molar-refractivity contribution is 5.70. The molecular formula is C13H26N2O3. The van der Waals surface area contributed by atoms with Gasteiger partial charge in [-0.25, -0.2) is 4.79 Å². The molecule has 0 bridgehead atoms. The van der Waals surface area contributed by atoms with Gasteiger partial charge >= 0.3 is 5.97 Å². The first-order valence-electron chi connectivity index (χ1n) is 6.91. The molecular weight excluding hydrogens is 232 g/mol. The van der Waals surface area contributed by atoms with Gasteiger partial charge in [0, 0.05) is 19.1 Å². The summed E-state index contributed by atoms with van der Waals surface area (Å²) in [7, 11) is 0. The maximum absolute atomic E-state index is 11.0. The quantitative estimate of drug-likeness (QED) is 0.486. The van der Waals surface area contributed by atoms with E-state index in [1.165, 1.54) is 25.9 Å². The van der Waals surface area contributed by atoms with Crippen LogP contribution in [0.5, 0.6) is 0 Å². The van der Waals surface area contributed by atoms with Gasteiger partial charge in [0.25, 0.3) is 0 Å². The van der Waals surface area contributed by atoms with Gasteiger partial charge in [-0.05, 0) is 39.8 Å². The van der Waals surface area contributed by atoms with Crippen molar-refractivity contribution in [2.24, 2.45) is 0 Å². The Bertz CT molecular complexity index is 230. The van der Waals surface area contributed by atoms with Gasteiger partial charge in [-0.15, -0.1) is 0 Å². The van der Waals surface area contributed by atoms with Gasteiger partial charge in [0.1, 0.15) is 6.61 Å². The number of hydrogen-bond acceptors (Lipinski definition) is 5. The van der Waals surface area contributed by atoms with E-state index in [1.807, 2.05) is 0 Å². The number of carbonyl (C=O) groups is 1. The topological polar surface area (TPSA) is 50.8 Å². The van der Waals surface area contributed by atoms with Crippen LogP contribution in [0, 0.1) is 0 Å². The molecule has 0 aromatic heterocycles. The molecule has 0 amide bonds. The minimum absolute atomic E-state index is 0.0516. The Morgan fingerprint density at radius 3 is 2.78 bits per heavy atom. The summed E-state index contributed by atoms with van der Waals surface area (Å²) in [6.07, 6.45) is 2.66. The Labute approximate surface area is 110 Å². The van der Waals surface area contributed by atoms with Gasteiger partial charge in [0.05, 0.1) is 13.2 Å². The summed E-state index contributed by atoms with van der Waals surface area (Å²) in [6.45, 7) is 9.30. The number of rotatable bonds is 9. The van der Waals surface area contributed by atoms with E-state index in [-0.39, 0.29) is 12.6 Å². The van der Waals surface area contributed by atoms with Crippen LogP contribution < -0.4 is 5.32 Å². The first kappa shape index (κ1) is 15.4. The van der Waals surface area contributed by atoms with Crippen molar-refractivity contribution in [2.45, 2.75) is 32.7 Å². The molecule has 1 heterocycles. The highest BCUT2D eigenvalue weighted by Crippen LogP contribution is 2.07. The highest BCUT2D eigenvalue weighted by Gasteiger charge is 2.13. The van der Waals surface area contributed by atoms with Crippen molar-refractivity contribution in [3.05, 3.63) is 0 Å². The fourth-order valence-electron chi connectivity index (χ4n) is 2.15. The summed E-state index contributed by atoms with van der Waals surface area (Å²) in [5.74, 6) is -0.289. The van der Waals surface area contributed by atoms with Crippen LogP contribution in [-0.2, 0) is 14.3 Å². The zero-order valence-corrected chi connectivity index (χ0v) is 11.6. The largest absolute Gasteiger partial charge is 0.464 e. The molecule has 0 spiro atoms. The SMILES string of the molecule is CCOC(=O)COCCNC(C)CN1CCCC1. The van der Waals surface area contributed by atoms with Crippen LogP contribution in [0.15, 0.2) is 0 Å². The van der Waals surface area contributed by atoms with Crippen LogP contribution in [0.4, 0.5) is 0 Å². The van der Waals surface area contributed by atoms with Crippen molar-refractivity contribution in [2.75, 3.05) is 46.0 Å². The Morgan fingerprint density at radius 1 is 1.39 bits per heavy atom. The standard InChI is InChI=1S/C13H26N2O3/c1-3-18-13(16)11-17-9-6-14-12(2)10-15-7-4-5-8-15/h12,14H,3-11H2,1-2H3. The lowest BCUT2D eigenvalue weighted by Crippen LogP contribution is -2.39. The van der Waals surface area contributed by atoms with Crippen molar-refractivity contribution in [1.82, 2.24) is 10.2 Å². The summed E-state index contributed by atoms with van der Waals surface area (Å²) in [5.41, 5.74) is 0. The van der Waals surface area contributed by atoms with Crippen LogP contribution in [-0.4, -0.2) is 62.9 Å².